The SMILES string of the molecule is CCc1ccccc1-n1nc(-c2ccc(C)cc2)c(-n2cncn2)c1SC. The number of thioether (sulfide) groups is 1. The van der Waals surface area contributed by atoms with E-state index in [-0.39, 0.29) is 0 Å². The Morgan fingerprint density at radius 3 is 2.48 bits per heavy atom. The van der Waals surface area contributed by atoms with E-state index < -0.39 is 0 Å². The van der Waals surface area contributed by atoms with Crippen LogP contribution in [0, 0.1) is 6.92 Å². The summed E-state index contributed by atoms with van der Waals surface area (Å²) in [6.07, 6.45) is 6.30. The van der Waals surface area contributed by atoms with Crippen LogP contribution >= 0.6 is 11.8 Å². The van der Waals surface area contributed by atoms with E-state index in [2.05, 4.69) is 78.7 Å². The first-order valence-corrected chi connectivity index (χ1v) is 10.1. The van der Waals surface area contributed by atoms with Gasteiger partial charge in [0, 0.05) is 5.56 Å². The summed E-state index contributed by atoms with van der Waals surface area (Å²) in [6.45, 7) is 4.26. The first-order chi connectivity index (χ1) is 13.2. The van der Waals surface area contributed by atoms with Crippen LogP contribution in [0.5, 0.6) is 0 Å². The Hall–Kier alpha value is -2.86. The lowest BCUT2D eigenvalue weighted by Crippen LogP contribution is -2.03. The van der Waals surface area contributed by atoms with Crippen molar-refractivity contribution in [2.45, 2.75) is 25.3 Å². The maximum Gasteiger partial charge on any atom is 0.138 e. The van der Waals surface area contributed by atoms with E-state index in [9.17, 15) is 0 Å². The van der Waals surface area contributed by atoms with Crippen LogP contribution in [0.4, 0.5) is 0 Å². The van der Waals surface area contributed by atoms with Crippen molar-refractivity contribution in [1.82, 2.24) is 24.5 Å². The molecule has 0 amide bonds. The number of aryl methyl sites for hydroxylation is 2. The van der Waals surface area contributed by atoms with Gasteiger partial charge in [-0.1, -0.05) is 55.0 Å². The molecule has 2 aromatic heterocycles. The Bertz CT molecular complexity index is 1050. The largest absolute Gasteiger partial charge is 0.224 e. The number of aromatic nitrogens is 5. The molecule has 0 aliphatic rings. The van der Waals surface area contributed by atoms with E-state index in [1.54, 1.807) is 29.1 Å². The van der Waals surface area contributed by atoms with Gasteiger partial charge in [-0.3, -0.25) is 0 Å². The van der Waals surface area contributed by atoms with E-state index in [0.29, 0.717) is 0 Å². The Morgan fingerprint density at radius 1 is 1.04 bits per heavy atom. The molecular formula is C21H21N5S. The van der Waals surface area contributed by atoms with Crippen molar-refractivity contribution in [1.29, 1.82) is 0 Å². The molecule has 4 aromatic rings. The minimum atomic E-state index is 0.899. The molecule has 0 saturated carbocycles. The summed E-state index contributed by atoms with van der Waals surface area (Å²) in [5.41, 5.74) is 6.50. The van der Waals surface area contributed by atoms with Gasteiger partial charge in [-0.15, -0.1) is 11.8 Å². The van der Waals surface area contributed by atoms with Crippen molar-refractivity contribution >= 4 is 11.8 Å². The lowest BCUT2D eigenvalue weighted by atomic mass is 10.1. The Morgan fingerprint density at radius 2 is 1.81 bits per heavy atom. The van der Waals surface area contributed by atoms with Crippen molar-refractivity contribution in [2.24, 2.45) is 0 Å². The van der Waals surface area contributed by atoms with Crippen LogP contribution in [0.2, 0.25) is 0 Å². The van der Waals surface area contributed by atoms with E-state index >= 15 is 0 Å². The van der Waals surface area contributed by atoms with E-state index in [1.165, 1.54) is 11.1 Å². The summed E-state index contributed by atoms with van der Waals surface area (Å²) < 4.78 is 3.84. The van der Waals surface area contributed by atoms with Gasteiger partial charge >= 0.3 is 0 Å². The van der Waals surface area contributed by atoms with Crippen molar-refractivity contribution < 1.29 is 0 Å². The molecule has 0 bridgehead atoms. The summed E-state index contributed by atoms with van der Waals surface area (Å²) in [5, 5.41) is 10.4. The number of hydrogen-bond donors (Lipinski definition) is 0. The minimum absolute atomic E-state index is 0.899. The number of hydrogen-bond acceptors (Lipinski definition) is 4. The van der Waals surface area contributed by atoms with Crippen LogP contribution in [-0.2, 0) is 6.42 Å². The Balaban J connectivity index is 2.01. The van der Waals surface area contributed by atoms with Gasteiger partial charge in [0.1, 0.15) is 29.1 Å². The predicted molar refractivity (Wildman–Crippen MR) is 110 cm³/mol. The summed E-state index contributed by atoms with van der Waals surface area (Å²) in [7, 11) is 0. The minimum Gasteiger partial charge on any atom is -0.224 e. The molecule has 6 heteroatoms. The molecule has 5 nitrogen and oxygen atoms in total. The maximum atomic E-state index is 5.02. The fourth-order valence-electron chi connectivity index (χ4n) is 3.19. The molecule has 27 heavy (non-hydrogen) atoms. The van der Waals surface area contributed by atoms with Crippen LogP contribution in [0.3, 0.4) is 0 Å². The van der Waals surface area contributed by atoms with Crippen LogP contribution < -0.4 is 0 Å². The topological polar surface area (TPSA) is 48.5 Å². The lowest BCUT2D eigenvalue weighted by molar-refractivity contribution is 0.777. The molecule has 0 aliphatic heterocycles. The van der Waals surface area contributed by atoms with E-state index in [4.69, 9.17) is 5.10 Å². The van der Waals surface area contributed by atoms with Crippen LogP contribution in [0.15, 0.2) is 66.2 Å². The molecule has 0 N–H and O–H groups in total. The van der Waals surface area contributed by atoms with E-state index in [1.807, 2.05) is 4.68 Å². The first-order valence-electron chi connectivity index (χ1n) is 8.90. The molecule has 4 rings (SSSR count). The van der Waals surface area contributed by atoms with Gasteiger partial charge < -0.3 is 0 Å². The molecule has 0 atom stereocenters. The zero-order valence-electron chi connectivity index (χ0n) is 15.6. The molecule has 136 valence electrons. The second-order valence-corrected chi connectivity index (χ2v) is 7.10. The third-order valence-electron chi connectivity index (χ3n) is 4.59. The molecule has 0 unspecified atom stereocenters. The Kier molecular flexibility index (Phi) is 4.81. The van der Waals surface area contributed by atoms with Gasteiger partial charge in [0.25, 0.3) is 0 Å². The van der Waals surface area contributed by atoms with Crippen molar-refractivity contribution in [3.05, 3.63) is 72.3 Å². The maximum absolute atomic E-state index is 5.02. The third kappa shape index (κ3) is 3.17. The van der Waals surface area contributed by atoms with Crippen molar-refractivity contribution in [3.63, 3.8) is 0 Å². The summed E-state index contributed by atoms with van der Waals surface area (Å²) in [5.74, 6) is 0. The molecule has 0 fully saturated rings. The molecule has 0 saturated heterocycles. The molecular weight excluding hydrogens is 354 g/mol. The van der Waals surface area contributed by atoms with Gasteiger partial charge in [0.15, 0.2) is 0 Å². The fraction of sp³-hybridized carbons (Fsp3) is 0.190. The van der Waals surface area contributed by atoms with Gasteiger partial charge in [-0.05, 0) is 31.2 Å². The quantitative estimate of drug-likeness (QED) is 0.474. The van der Waals surface area contributed by atoms with Gasteiger partial charge in [-0.2, -0.15) is 10.2 Å². The highest BCUT2D eigenvalue weighted by atomic mass is 32.2. The zero-order valence-corrected chi connectivity index (χ0v) is 16.4. The fourth-order valence-corrected chi connectivity index (χ4v) is 3.89. The zero-order chi connectivity index (χ0) is 18.8. The number of rotatable bonds is 5. The second-order valence-electron chi connectivity index (χ2n) is 6.31. The highest BCUT2D eigenvalue weighted by molar-refractivity contribution is 7.98. The first kappa shape index (κ1) is 17.5. The third-order valence-corrected chi connectivity index (χ3v) is 5.34. The molecule has 2 heterocycles. The van der Waals surface area contributed by atoms with Crippen molar-refractivity contribution in [3.8, 4) is 22.6 Å². The van der Waals surface area contributed by atoms with Crippen molar-refractivity contribution in [2.75, 3.05) is 6.26 Å². The summed E-state index contributed by atoms with van der Waals surface area (Å²) >= 11 is 1.66. The summed E-state index contributed by atoms with van der Waals surface area (Å²) in [6, 6.07) is 16.8. The van der Waals surface area contributed by atoms with Gasteiger partial charge in [0.05, 0.1) is 5.69 Å². The highest BCUT2D eigenvalue weighted by Crippen LogP contribution is 2.36. The smallest absolute Gasteiger partial charge is 0.138 e. The van der Waals surface area contributed by atoms with E-state index in [0.717, 1.165) is 34.1 Å². The molecule has 2 aromatic carbocycles. The summed E-state index contributed by atoms with van der Waals surface area (Å²) in [4.78, 5) is 4.14. The monoisotopic (exact) mass is 375 g/mol. The number of para-hydroxylation sites is 1. The lowest BCUT2D eigenvalue weighted by Gasteiger charge is -2.10. The Labute approximate surface area is 163 Å². The van der Waals surface area contributed by atoms with Crippen LogP contribution in [0.1, 0.15) is 18.1 Å². The average molecular weight is 376 g/mol. The normalized spacial score (nSPS) is 11.1. The molecule has 0 spiro atoms. The predicted octanol–water partition coefficient (Wildman–Crippen LogP) is 4.71. The number of benzene rings is 2. The highest BCUT2D eigenvalue weighted by Gasteiger charge is 2.22. The number of nitrogens with zero attached hydrogens (tertiary/aromatic N) is 5. The van der Waals surface area contributed by atoms with Crippen LogP contribution in [0.25, 0.3) is 22.6 Å². The molecule has 0 aliphatic carbocycles. The average Bonchev–Trinajstić information content (AvgIpc) is 3.35. The molecule has 0 radical (unpaired) electrons. The van der Waals surface area contributed by atoms with Gasteiger partial charge in [0.2, 0.25) is 0 Å². The van der Waals surface area contributed by atoms with Crippen LogP contribution in [-0.4, -0.2) is 30.8 Å². The second kappa shape index (κ2) is 7.40. The van der Waals surface area contributed by atoms with Gasteiger partial charge in [-0.25, -0.2) is 14.3 Å². The standard InChI is InChI=1S/C21H21N5S/c1-4-16-7-5-6-8-18(16)26-21(27-3)20(25-14-22-13-23-25)19(24-26)17-11-9-15(2)10-12-17/h5-14H,4H2,1-3H3.